The Morgan fingerprint density at radius 1 is 1.00 bits per heavy atom. The third-order valence-corrected chi connectivity index (χ3v) is 7.12. The number of aromatic nitrogens is 2. The Hall–Kier alpha value is -2.96. The van der Waals surface area contributed by atoms with Gasteiger partial charge in [0.1, 0.15) is 0 Å². The van der Waals surface area contributed by atoms with Gasteiger partial charge >= 0.3 is 6.03 Å². The maximum absolute atomic E-state index is 13.1. The minimum atomic E-state index is -0.198. The zero-order valence-corrected chi connectivity index (χ0v) is 18.9. The van der Waals surface area contributed by atoms with Crippen molar-refractivity contribution in [2.75, 3.05) is 5.32 Å². The second-order valence-electron chi connectivity index (χ2n) is 10.0. The number of benzene rings is 1. The minimum absolute atomic E-state index is 0.0558. The first-order valence-electron chi connectivity index (χ1n) is 11.7. The highest BCUT2D eigenvalue weighted by Gasteiger charge is 2.51. The van der Waals surface area contributed by atoms with E-state index in [9.17, 15) is 4.79 Å². The van der Waals surface area contributed by atoms with Crippen LogP contribution in [0.4, 0.5) is 10.7 Å². The van der Waals surface area contributed by atoms with Crippen LogP contribution in [0.5, 0.6) is 0 Å². The number of hydrogen-bond acceptors (Lipinski definition) is 4. The molecule has 4 fully saturated rings. The molecule has 168 valence electrons. The van der Waals surface area contributed by atoms with Crippen LogP contribution in [0.25, 0.3) is 0 Å². The van der Waals surface area contributed by atoms with Crippen LogP contribution in [0, 0.1) is 31.6 Å². The molecule has 4 saturated carbocycles. The second-order valence-corrected chi connectivity index (χ2v) is 10.0. The van der Waals surface area contributed by atoms with Crippen LogP contribution in [0.1, 0.15) is 55.5 Å². The van der Waals surface area contributed by atoms with Gasteiger partial charge in [0.25, 0.3) is 0 Å². The molecule has 0 saturated heterocycles. The van der Waals surface area contributed by atoms with Gasteiger partial charge in [-0.15, -0.1) is 0 Å². The van der Waals surface area contributed by atoms with E-state index in [4.69, 9.17) is 0 Å². The number of guanidine groups is 1. The lowest BCUT2D eigenvalue weighted by Gasteiger charge is -2.56. The van der Waals surface area contributed by atoms with Crippen molar-refractivity contribution in [3.8, 4) is 0 Å². The van der Waals surface area contributed by atoms with Crippen molar-refractivity contribution in [3.05, 3.63) is 53.3 Å². The molecule has 2 aromatic rings. The van der Waals surface area contributed by atoms with Crippen LogP contribution < -0.4 is 16.0 Å². The van der Waals surface area contributed by atoms with E-state index >= 15 is 0 Å². The predicted octanol–water partition coefficient (Wildman–Crippen LogP) is 4.33. The molecule has 3 N–H and O–H groups in total. The van der Waals surface area contributed by atoms with E-state index in [-0.39, 0.29) is 11.6 Å². The van der Waals surface area contributed by atoms with Gasteiger partial charge < -0.3 is 5.32 Å². The summed E-state index contributed by atoms with van der Waals surface area (Å²) < 4.78 is 0. The number of carbonyl (C=O) groups excluding carboxylic acids is 1. The Morgan fingerprint density at radius 3 is 2.19 bits per heavy atom. The van der Waals surface area contributed by atoms with Crippen molar-refractivity contribution in [3.63, 3.8) is 0 Å². The molecule has 0 spiro atoms. The van der Waals surface area contributed by atoms with Gasteiger partial charge in [-0.3, -0.25) is 10.6 Å². The number of hydrogen-bond donors (Lipinski definition) is 3. The van der Waals surface area contributed by atoms with Crippen LogP contribution in [0.3, 0.4) is 0 Å². The third-order valence-electron chi connectivity index (χ3n) is 7.12. The largest absolute Gasteiger partial charge is 0.332 e. The fraction of sp³-hybridized carbons (Fsp3) is 0.520. The number of urea groups is 1. The third kappa shape index (κ3) is 4.76. The molecule has 1 heterocycles. The molecule has 0 unspecified atom stereocenters. The predicted molar refractivity (Wildman–Crippen MR) is 125 cm³/mol. The molecule has 0 aliphatic heterocycles. The van der Waals surface area contributed by atoms with Gasteiger partial charge in [-0.05, 0) is 81.8 Å². The molecular weight excluding hydrogens is 400 g/mol. The molecule has 6 rings (SSSR count). The van der Waals surface area contributed by atoms with Gasteiger partial charge in [-0.1, -0.05) is 30.3 Å². The first kappa shape index (κ1) is 20.9. The smallest absolute Gasteiger partial charge is 0.321 e. The molecular formula is C25H32N6O. The number of rotatable bonds is 4. The zero-order chi connectivity index (χ0) is 22.1. The van der Waals surface area contributed by atoms with Crippen LogP contribution in [-0.4, -0.2) is 27.5 Å². The molecule has 7 heteroatoms. The van der Waals surface area contributed by atoms with E-state index in [2.05, 4.69) is 30.9 Å². The Morgan fingerprint density at radius 2 is 1.59 bits per heavy atom. The summed E-state index contributed by atoms with van der Waals surface area (Å²) in [6, 6.07) is 11.7. The first-order chi connectivity index (χ1) is 15.4. The minimum Gasteiger partial charge on any atom is -0.332 e. The molecule has 0 atom stereocenters. The highest BCUT2D eigenvalue weighted by atomic mass is 16.2. The molecule has 2 amide bonds. The average molecular weight is 433 g/mol. The SMILES string of the molecule is Cc1cc(C)nc(NC(=NCc2ccccc2)NC(=O)NC23CC4CC(CC(C4)C2)C3)n1. The highest BCUT2D eigenvalue weighted by molar-refractivity contribution is 6.03. The van der Waals surface area contributed by atoms with E-state index in [0.717, 1.165) is 54.0 Å². The van der Waals surface area contributed by atoms with Crippen molar-refractivity contribution >= 4 is 17.9 Å². The number of aliphatic imine (C=N–C) groups is 1. The Bertz CT molecular complexity index is 963. The summed E-state index contributed by atoms with van der Waals surface area (Å²) in [4.78, 5) is 26.6. The maximum Gasteiger partial charge on any atom is 0.321 e. The topological polar surface area (TPSA) is 91.3 Å². The van der Waals surface area contributed by atoms with Crippen LogP contribution in [0.2, 0.25) is 0 Å². The number of amides is 2. The Balaban J connectivity index is 1.31. The summed E-state index contributed by atoms with van der Waals surface area (Å²) in [5, 5.41) is 9.43. The normalized spacial score (nSPS) is 28.4. The summed E-state index contributed by atoms with van der Waals surface area (Å²) in [7, 11) is 0. The molecule has 1 aromatic heterocycles. The van der Waals surface area contributed by atoms with Crippen LogP contribution in [-0.2, 0) is 6.54 Å². The van der Waals surface area contributed by atoms with Crippen molar-refractivity contribution in [2.24, 2.45) is 22.7 Å². The number of aryl methyl sites for hydroxylation is 2. The molecule has 4 aliphatic rings. The fourth-order valence-electron chi connectivity index (χ4n) is 6.40. The summed E-state index contributed by atoms with van der Waals surface area (Å²) in [5.74, 6) is 3.11. The van der Waals surface area contributed by atoms with Gasteiger partial charge in [0.2, 0.25) is 11.9 Å². The van der Waals surface area contributed by atoms with Crippen molar-refractivity contribution in [1.29, 1.82) is 0 Å². The average Bonchev–Trinajstić information content (AvgIpc) is 2.70. The van der Waals surface area contributed by atoms with Crippen LogP contribution in [0.15, 0.2) is 41.4 Å². The van der Waals surface area contributed by atoms with E-state index in [1.54, 1.807) is 0 Å². The van der Waals surface area contributed by atoms with Gasteiger partial charge in [0.15, 0.2) is 0 Å². The van der Waals surface area contributed by atoms with Crippen molar-refractivity contribution in [1.82, 2.24) is 20.6 Å². The maximum atomic E-state index is 13.1. The number of nitrogens with zero attached hydrogens (tertiary/aromatic N) is 3. The van der Waals surface area contributed by atoms with Gasteiger partial charge in [0.05, 0.1) is 6.54 Å². The van der Waals surface area contributed by atoms with Gasteiger partial charge in [-0.2, -0.15) is 0 Å². The standard InChI is InChI=1S/C25H32N6O/c1-16-8-17(2)28-23(27-16)29-22(26-15-18-6-4-3-5-7-18)30-24(32)31-25-12-19-9-20(13-25)11-21(10-19)14-25/h3-8,19-21H,9-15H2,1-2H3,(H3,26,27,28,29,30,31,32). The number of carbonyl (C=O) groups is 1. The summed E-state index contributed by atoms with van der Waals surface area (Å²) >= 11 is 0. The lowest BCUT2D eigenvalue weighted by molar-refractivity contribution is -0.0132. The van der Waals surface area contributed by atoms with E-state index < -0.39 is 0 Å². The Kier molecular flexibility index (Phi) is 5.57. The highest BCUT2D eigenvalue weighted by Crippen LogP contribution is 2.55. The number of anilines is 1. The van der Waals surface area contributed by atoms with Crippen molar-refractivity contribution in [2.45, 2.75) is 64.5 Å². The number of nitrogens with one attached hydrogen (secondary N) is 3. The molecule has 7 nitrogen and oxygen atoms in total. The van der Waals surface area contributed by atoms with E-state index in [0.29, 0.717) is 18.5 Å². The van der Waals surface area contributed by atoms with Crippen molar-refractivity contribution < 1.29 is 4.79 Å². The van der Waals surface area contributed by atoms with E-state index in [1.165, 1.54) is 19.3 Å². The van der Waals surface area contributed by atoms with E-state index in [1.807, 2.05) is 50.2 Å². The zero-order valence-electron chi connectivity index (χ0n) is 18.9. The second kappa shape index (κ2) is 8.52. The molecule has 4 aliphatic carbocycles. The molecule has 0 radical (unpaired) electrons. The summed E-state index contributed by atoms with van der Waals surface area (Å²) in [6.07, 6.45) is 7.36. The lowest BCUT2D eigenvalue weighted by atomic mass is 9.53. The van der Waals surface area contributed by atoms with Crippen LogP contribution >= 0.6 is 0 Å². The quantitative estimate of drug-likeness (QED) is 0.495. The van der Waals surface area contributed by atoms with Gasteiger partial charge in [0, 0.05) is 16.9 Å². The fourth-order valence-corrected chi connectivity index (χ4v) is 6.40. The molecule has 4 bridgehead atoms. The first-order valence-corrected chi connectivity index (χ1v) is 11.7. The molecule has 1 aromatic carbocycles. The summed E-state index contributed by atoms with van der Waals surface area (Å²) in [6.45, 7) is 4.30. The van der Waals surface area contributed by atoms with Gasteiger partial charge in [-0.25, -0.2) is 19.8 Å². The Labute approximate surface area is 189 Å². The summed E-state index contributed by atoms with van der Waals surface area (Å²) in [5.41, 5.74) is 2.73. The molecule has 32 heavy (non-hydrogen) atoms. The lowest BCUT2D eigenvalue weighted by Crippen LogP contribution is -2.62. The monoisotopic (exact) mass is 432 g/mol.